The summed E-state index contributed by atoms with van der Waals surface area (Å²) in [5.41, 5.74) is 2.98. The number of carbonyl (C=O) groups is 1. The van der Waals surface area contributed by atoms with Gasteiger partial charge < -0.3 is 9.88 Å². The molecule has 1 aliphatic rings. The van der Waals surface area contributed by atoms with Gasteiger partial charge in [0.25, 0.3) is 0 Å². The van der Waals surface area contributed by atoms with Gasteiger partial charge >= 0.3 is 0 Å². The number of anilines is 1. The van der Waals surface area contributed by atoms with Crippen molar-refractivity contribution in [2.75, 3.05) is 11.4 Å². The molecule has 0 spiro atoms. The molecule has 3 rings (SSSR count). The summed E-state index contributed by atoms with van der Waals surface area (Å²) in [5, 5.41) is 0. The van der Waals surface area contributed by atoms with E-state index in [1.165, 1.54) is 18.1 Å². The number of para-hydroxylation sites is 1. The van der Waals surface area contributed by atoms with Gasteiger partial charge in [0.05, 0.1) is 6.42 Å². The van der Waals surface area contributed by atoms with Crippen LogP contribution in [-0.4, -0.2) is 17.4 Å². The van der Waals surface area contributed by atoms with Crippen LogP contribution in [0.4, 0.5) is 5.69 Å². The third-order valence-corrected chi connectivity index (χ3v) is 4.12. The van der Waals surface area contributed by atoms with E-state index in [1.54, 1.807) is 12.3 Å². The molecule has 0 saturated carbocycles. The van der Waals surface area contributed by atoms with E-state index >= 15 is 0 Å². The molecule has 0 radical (unpaired) electrons. The number of H-pyrrole nitrogens is 1. The Bertz CT molecular complexity index is 701. The minimum Gasteiger partial charge on any atom is -0.329 e. The van der Waals surface area contributed by atoms with Crippen molar-refractivity contribution in [3.05, 3.63) is 64.1 Å². The predicted octanol–water partition coefficient (Wildman–Crippen LogP) is 2.68. The third kappa shape index (κ3) is 3.27. The molecule has 2 aromatic rings. The van der Waals surface area contributed by atoms with Crippen molar-refractivity contribution in [3.8, 4) is 0 Å². The summed E-state index contributed by atoms with van der Waals surface area (Å²) >= 11 is 0. The second-order valence-electron chi connectivity index (χ2n) is 5.72. The molecule has 22 heavy (non-hydrogen) atoms. The summed E-state index contributed by atoms with van der Waals surface area (Å²) in [7, 11) is 0. The molecule has 0 aliphatic carbocycles. The molecule has 1 aromatic carbocycles. The second-order valence-corrected chi connectivity index (χ2v) is 5.72. The summed E-state index contributed by atoms with van der Waals surface area (Å²) < 4.78 is 0. The summed E-state index contributed by atoms with van der Waals surface area (Å²) in [6, 6.07) is 11.3. The topological polar surface area (TPSA) is 53.2 Å². The van der Waals surface area contributed by atoms with Crippen molar-refractivity contribution in [2.45, 2.75) is 32.1 Å². The average molecular weight is 296 g/mol. The predicted molar refractivity (Wildman–Crippen MR) is 87.1 cm³/mol. The highest BCUT2D eigenvalue weighted by atomic mass is 16.2. The number of rotatable bonds is 2. The zero-order valence-corrected chi connectivity index (χ0v) is 12.5. The van der Waals surface area contributed by atoms with Gasteiger partial charge in [0.2, 0.25) is 11.5 Å². The highest BCUT2D eigenvalue weighted by Crippen LogP contribution is 2.26. The monoisotopic (exact) mass is 296 g/mol. The van der Waals surface area contributed by atoms with Crippen molar-refractivity contribution >= 4 is 11.6 Å². The van der Waals surface area contributed by atoms with Crippen LogP contribution < -0.4 is 10.5 Å². The van der Waals surface area contributed by atoms with Crippen molar-refractivity contribution in [3.63, 3.8) is 0 Å². The Morgan fingerprint density at radius 2 is 1.95 bits per heavy atom. The van der Waals surface area contributed by atoms with Crippen LogP contribution in [0.25, 0.3) is 0 Å². The first kappa shape index (κ1) is 14.6. The van der Waals surface area contributed by atoms with Gasteiger partial charge in [0.1, 0.15) is 0 Å². The molecule has 4 nitrogen and oxygen atoms in total. The van der Waals surface area contributed by atoms with Crippen LogP contribution in [0.1, 0.15) is 30.4 Å². The lowest BCUT2D eigenvalue weighted by atomic mass is 10.0. The van der Waals surface area contributed by atoms with Crippen molar-refractivity contribution in [2.24, 2.45) is 0 Å². The molecule has 0 bridgehead atoms. The SMILES string of the molecule is O=C(Cc1ccc(=O)[nH]c1)N1CCCCCc2ccccc21. The first-order valence-electron chi connectivity index (χ1n) is 7.80. The van der Waals surface area contributed by atoms with E-state index in [2.05, 4.69) is 11.1 Å². The van der Waals surface area contributed by atoms with Crippen LogP contribution >= 0.6 is 0 Å². The summed E-state index contributed by atoms with van der Waals surface area (Å²) in [4.78, 5) is 28.3. The number of carbonyl (C=O) groups excluding carboxylic acids is 1. The molecule has 4 heteroatoms. The van der Waals surface area contributed by atoms with Gasteiger partial charge in [-0.1, -0.05) is 30.7 Å². The van der Waals surface area contributed by atoms with Gasteiger partial charge in [-0.3, -0.25) is 9.59 Å². The lowest BCUT2D eigenvalue weighted by Crippen LogP contribution is -2.34. The van der Waals surface area contributed by atoms with Gasteiger partial charge in [-0.2, -0.15) is 0 Å². The van der Waals surface area contributed by atoms with Gasteiger partial charge in [0, 0.05) is 24.5 Å². The van der Waals surface area contributed by atoms with Crippen LogP contribution in [0.2, 0.25) is 0 Å². The number of nitrogens with zero attached hydrogens (tertiary/aromatic N) is 1. The number of pyridine rings is 1. The molecule has 0 atom stereocenters. The molecule has 0 saturated heterocycles. The number of amides is 1. The summed E-state index contributed by atoms with van der Waals surface area (Å²) in [6.07, 6.45) is 6.32. The van der Waals surface area contributed by atoms with Crippen LogP contribution in [-0.2, 0) is 17.6 Å². The Morgan fingerprint density at radius 3 is 2.77 bits per heavy atom. The first-order valence-corrected chi connectivity index (χ1v) is 7.80. The Balaban J connectivity index is 1.84. The van der Waals surface area contributed by atoms with Crippen LogP contribution in [0.3, 0.4) is 0 Å². The maximum atomic E-state index is 12.7. The molecule has 1 N–H and O–H groups in total. The summed E-state index contributed by atoms with van der Waals surface area (Å²) in [6.45, 7) is 0.763. The lowest BCUT2D eigenvalue weighted by Gasteiger charge is -2.27. The van der Waals surface area contributed by atoms with E-state index in [0.717, 1.165) is 37.1 Å². The van der Waals surface area contributed by atoms with E-state index in [-0.39, 0.29) is 11.5 Å². The number of fused-ring (bicyclic) bond motifs is 1. The number of hydrogen-bond acceptors (Lipinski definition) is 2. The van der Waals surface area contributed by atoms with Crippen LogP contribution in [0.15, 0.2) is 47.4 Å². The number of hydrogen-bond donors (Lipinski definition) is 1. The highest BCUT2D eigenvalue weighted by Gasteiger charge is 2.20. The van der Waals surface area contributed by atoms with Crippen LogP contribution in [0.5, 0.6) is 0 Å². The number of benzene rings is 1. The molecule has 1 aliphatic heterocycles. The van der Waals surface area contributed by atoms with E-state index in [9.17, 15) is 9.59 Å². The molecule has 2 heterocycles. The fraction of sp³-hybridized carbons (Fsp3) is 0.333. The van der Waals surface area contributed by atoms with Gasteiger partial charge in [-0.25, -0.2) is 0 Å². The Kier molecular flexibility index (Phi) is 4.37. The minimum absolute atomic E-state index is 0.0846. The van der Waals surface area contributed by atoms with Gasteiger partial charge in [-0.05, 0) is 36.5 Å². The number of aromatic nitrogens is 1. The quantitative estimate of drug-likeness (QED) is 0.926. The van der Waals surface area contributed by atoms with E-state index < -0.39 is 0 Å². The van der Waals surface area contributed by atoms with Gasteiger partial charge in [0.15, 0.2) is 0 Å². The Hall–Kier alpha value is -2.36. The maximum Gasteiger partial charge on any atom is 0.247 e. The fourth-order valence-electron chi connectivity index (χ4n) is 2.95. The zero-order valence-electron chi connectivity index (χ0n) is 12.5. The molecule has 114 valence electrons. The average Bonchev–Trinajstić information content (AvgIpc) is 2.50. The first-order chi connectivity index (χ1) is 10.7. The number of nitrogens with one attached hydrogen (secondary N) is 1. The van der Waals surface area contributed by atoms with Crippen molar-refractivity contribution in [1.82, 2.24) is 4.98 Å². The normalized spacial score (nSPS) is 14.8. The highest BCUT2D eigenvalue weighted by molar-refractivity contribution is 5.95. The smallest absolute Gasteiger partial charge is 0.247 e. The van der Waals surface area contributed by atoms with Crippen molar-refractivity contribution in [1.29, 1.82) is 0 Å². The zero-order chi connectivity index (χ0) is 15.4. The number of aromatic amines is 1. The molecular weight excluding hydrogens is 276 g/mol. The Labute approximate surface area is 129 Å². The van der Waals surface area contributed by atoms with E-state index in [1.807, 2.05) is 23.1 Å². The largest absolute Gasteiger partial charge is 0.329 e. The van der Waals surface area contributed by atoms with Crippen LogP contribution in [0, 0.1) is 0 Å². The van der Waals surface area contributed by atoms with Crippen molar-refractivity contribution < 1.29 is 4.79 Å². The molecule has 0 fully saturated rings. The fourth-order valence-corrected chi connectivity index (χ4v) is 2.95. The molecular formula is C18H20N2O2. The van der Waals surface area contributed by atoms with Gasteiger partial charge in [-0.15, -0.1) is 0 Å². The van der Waals surface area contributed by atoms with E-state index in [0.29, 0.717) is 6.42 Å². The second kappa shape index (κ2) is 6.60. The molecule has 1 aromatic heterocycles. The minimum atomic E-state index is -0.146. The Morgan fingerprint density at radius 1 is 1.09 bits per heavy atom. The maximum absolute atomic E-state index is 12.7. The molecule has 1 amide bonds. The third-order valence-electron chi connectivity index (χ3n) is 4.12. The molecule has 0 unspecified atom stereocenters. The van der Waals surface area contributed by atoms with E-state index in [4.69, 9.17) is 0 Å². The standard InChI is InChI=1S/C18H20N2O2/c21-17-10-9-14(13-19-17)12-18(22)20-11-5-1-2-6-15-7-3-4-8-16(15)20/h3-4,7-10,13H,1-2,5-6,11-12H2,(H,19,21). The lowest BCUT2D eigenvalue weighted by molar-refractivity contribution is -0.118. The summed E-state index contributed by atoms with van der Waals surface area (Å²) in [5.74, 6) is 0.0846. The number of aryl methyl sites for hydroxylation is 1.